The first-order chi connectivity index (χ1) is 10.9. The number of nitrogens with one attached hydrogen (secondary N) is 1. The lowest BCUT2D eigenvalue weighted by Gasteiger charge is -2.25. The average molecular weight is 316 g/mol. The molecule has 0 saturated carbocycles. The molecule has 0 bridgehead atoms. The molecule has 1 atom stereocenters. The second kappa shape index (κ2) is 7.33. The van der Waals surface area contributed by atoms with Gasteiger partial charge in [0.15, 0.2) is 0 Å². The van der Waals surface area contributed by atoms with Gasteiger partial charge in [-0.3, -0.25) is 9.78 Å². The molecule has 0 fully saturated rings. The lowest BCUT2D eigenvalue weighted by atomic mass is 9.85. The fourth-order valence-electron chi connectivity index (χ4n) is 2.30. The molecule has 2 rings (SSSR count). The molecule has 1 amide bonds. The predicted molar refractivity (Wildman–Crippen MR) is 86.2 cm³/mol. The number of benzene rings is 1. The topological polar surface area (TPSA) is 62.2 Å². The van der Waals surface area contributed by atoms with E-state index in [4.69, 9.17) is 0 Å². The normalized spacial score (nSPS) is 12.7. The van der Waals surface area contributed by atoms with Crippen molar-refractivity contribution in [3.05, 3.63) is 65.7 Å². The van der Waals surface area contributed by atoms with E-state index >= 15 is 0 Å². The summed E-state index contributed by atoms with van der Waals surface area (Å²) in [6.07, 6.45) is 2.31. The molecule has 1 aromatic carbocycles. The molecule has 122 valence electrons. The first-order valence-electron chi connectivity index (χ1n) is 7.49. The number of carbonyl (C=O) groups is 1. The summed E-state index contributed by atoms with van der Waals surface area (Å²) in [5, 5.41) is 12.8. The van der Waals surface area contributed by atoms with Gasteiger partial charge in [0.1, 0.15) is 5.82 Å². The molecule has 2 aromatic rings. The summed E-state index contributed by atoms with van der Waals surface area (Å²) < 4.78 is 13.1. The lowest BCUT2D eigenvalue weighted by molar-refractivity contribution is -0.123. The Bertz CT molecular complexity index is 659. The average Bonchev–Trinajstić information content (AvgIpc) is 2.54. The zero-order valence-electron chi connectivity index (χ0n) is 13.3. The highest BCUT2D eigenvalue weighted by molar-refractivity contribution is 5.76. The van der Waals surface area contributed by atoms with Gasteiger partial charge in [-0.05, 0) is 35.4 Å². The number of aliphatic hydroxyl groups is 1. The summed E-state index contributed by atoms with van der Waals surface area (Å²) in [4.78, 5) is 16.0. The van der Waals surface area contributed by atoms with Crippen LogP contribution in [0, 0.1) is 5.82 Å². The van der Waals surface area contributed by atoms with E-state index in [2.05, 4.69) is 10.3 Å². The minimum absolute atomic E-state index is 0.101. The SMILES string of the molecule is CC(C)(CNC(=O)CC(O)c1cccc(F)c1)c1ccncc1. The molecule has 2 N–H and O–H groups in total. The molecule has 1 heterocycles. The number of aliphatic hydroxyl groups excluding tert-OH is 1. The molecule has 23 heavy (non-hydrogen) atoms. The van der Waals surface area contributed by atoms with Crippen LogP contribution in [0.1, 0.15) is 37.5 Å². The second-order valence-corrected chi connectivity index (χ2v) is 6.17. The number of rotatable bonds is 6. The lowest BCUT2D eigenvalue weighted by Crippen LogP contribution is -2.37. The van der Waals surface area contributed by atoms with Gasteiger partial charge in [0.2, 0.25) is 5.91 Å². The summed E-state index contributed by atoms with van der Waals surface area (Å²) >= 11 is 0. The molecule has 4 nitrogen and oxygen atoms in total. The maximum absolute atomic E-state index is 13.1. The van der Waals surface area contributed by atoms with Crippen LogP contribution in [-0.2, 0) is 10.2 Å². The Kier molecular flexibility index (Phi) is 5.45. The van der Waals surface area contributed by atoms with Crippen molar-refractivity contribution >= 4 is 5.91 Å². The molecule has 1 aromatic heterocycles. The number of nitrogens with zero attached hydrogens (tertiary/aromatic N) is 1. The van der Waals surface area contributed by atoms with Crippen molar-refractivity contribution in [2.45, 2.75) is 31.8 Å². The third-order valence-corrected chi connectivity index (χ3v) is 3.80. The van der Waals surface area contributed by atoms with Crippen molar-refractivity contribution in [3.63, 3.8) is 0 Å². The van der Waals surface area contributed by atoms with Crippen molar-refractivity contribution in [1.29, 1.82) is 0 Å². The van der Waals surface area contributed by atoms with Crippen LogP contribution in [0.15, 0.2) is 48.8 Å². The Hall–Kier alpha value is -2.27. The van der Waals surface area contributed by atoms with Gasteiger partial charge in [0, 0.05) is 24.4 Å². The highest BCUT2D eigenvalue weighted by Gasteiger charge is 2.22. The van der Waals surface area contributed by atoms with Crippen LogP contribution in [0.5, 0.6) is 0 Å². The van der Waals surface area contributed by atoms with Crippen LogP contribution in [0.2, 0.25) is 0 Å². The number of hydrogen-bond acceptors (Lipinski definition) is 3. The Labute approximate surface area is 135 Å². The van der Waals surface area contributed by atoms with E-state index in [-0.39, 0.29) is 17.7 Å². The number of amides is 1. The fourth-order valence-corrected chi connectivity index (χ4v) is 2.30. The number of carbonyl (C=O) groups excluding carboxylic acids is 1. The van der Waals surface area contributed by atoms with Crippen LogP contribution in [0.25, 0.3) is 0 Å². The van der Waals surface area contributed by atoms with Gasteiger partial charge < -0.3 is 10.4 Å². The molecule has 0 saturated heterocycles. The Balaban J connectivity index is 1.90. The van der Waals surface area contributed by atoms with Crippen LogP contribution in [-0.4, -0.2) is 22.5 Å². The molecule has 0 radical (unpaired) electrons. The van der Waals surface area contributed by atoms with Gasteiger partial charge in [-0.15, -0.1) is 0 Å². The van der Waals surface area contributed by atoms with E-state index in [0.717, 1.165) is 5.56 Å². The quantitative estimate of drug-likeness (QED) is 0.861. The summed E-state index contributed by atoms with van der Waals surface area (Å²) in [7, 11) is 0. The minimum Gasteiger partial charge on any atom is -0.388 e. The van der Waals surface area contributed by atoms with E-state index in [0.29, 0.717) is 12.1 Å². The van der Waals surface area contributed by atoms with Crippen LogP contribution < -0.4 is 5.32 Å². The third kappa shape index (κ3) is 4.86. The van der Waals surface area contributed by atoms with Gasteiger partial charge in [0.05, 0.1) is 12.5 Å². The summed E-state index contributed by atoms with van der Waals surface area (Å²) in [5.41, 5.74) is 1.22. The van der Waals surface area contributed by atoms with E-state index in [1.165, 1.54) is 18.2 Å². The molecule has 0 aliphatic rings. The first-order valence-corrected chi connectivity index (χ1v) is 7.49. The van der Waals surface area contributed by atoms with E-state index in [1.807, 2.05) is 26.0 Å². The Morgan fingerprint density at radius 2 is 2.00 bits per heavy atom. The number of aromatic nitrogens is 1. The van der Waals surface area contributed by atoms with Crippen molar-refractivity contribution < 1.29 is 14.3 Å². The smallest absolute Gasteiger partial charge is 0.222 e. The number of pyridine rings is 1. The summed E-state index contributed by atoms with van der Waals surface area (Å²) in [6, 6.07) is 9.47. The highest BCUT2D eigenvalue weighted by atomic mass is 19.1. The van der Waals surface area contributed by atoms with Crippen LogP contribution >= 0.6 is 0 Å². The highest BCUT2D eigenvalue weighted by Crippen LogP contribution is 2.22. The summed E-state index contributed by atoms with van der Waals surface area (Å²) in [5.74, 6) is -0.704. The summed E-state index contributed by atoms with van der Waals surface area (Å²) in [6.45, 7) is 4.48. The first kappa shape index (κ1) is 17.1. The molecule has 0 aliphatic heterocycles. The van der Waals surface area contributed by atoms with E-state index < -0.39 is 11.9 Å². The van der Waals surface area contributed by atoms with Crippen molar-refractivity contribution in [1.82, 2.24) is 10.3 Å². The predicted octanol–water partition coefficient (Wildman–Crippen LogP) is 2.74. The van der Waals surface area contributed by atoms with Crippen molar-refractivity contribution in [2.24, 2.45) is 0 Å². The van der Waals surface area contributed by atoms with E-state index in [1.54, 1.807) is 18.5 Å². The molecular weight excluding hydrogens is 295 g/mol. The third-order valence-electron chi connectivity index (χ3n) is 3.80. The molecule has 5 heteroatoms. The van der Waals surface area contributed by atoms with Crippen LogP contribution in [0.3, 0.4) is 0 Å². The number of hydrogen-bond donors (Lipinski definition) is 2. The van der Waals surface area contributed by atoms with Gasteiger partial charge in [-0.1, -0.05) is 26.0 Å². The van der Waals surface area contributed by atoms with Gasteiger partial charge in [0.25, 0.3) is 0 Å². The van der Waals surface area contributed by atoms with Crippen LogP contribution in [0.4, 0.5) is 4.39 Å². The molecule has 1 unspecified atom stereocenters. The molecule has 0 spiro atoms. The minimum atomic E-state index is -1.02. The molecular formula is C18H21FN2O2. The van der Waals surface area contributed by atoms with Gasteiger partial charge in [-0.2, -0.15) is 0 Å². The molecule has 0 aliphatic carbocycles. The van der Waals surface area contributed by atoms with Crippen molar-refractivity contribution in [2.75, 3.05) is 6.54 Å². The Morgan fingerprint density at radius 1 is 1.30 bits per heavy atom. The fraction of sp³-hybridized carbons (Fsp3) is 0.333. The van der Waals surface area contributed by atoms with Gasteiger partial charge in [-0.25, -0.2) is 4.39 Å². The maximum atomic E-state index is 13.1. The zero-order chi connectivity index (χ0) is 16.9. The zero-order valence-corrected chi connectivity index (χ0v) is 13.3. The standard InChI is InChI=1S/C18H21FN2O2/c1-18(2,14-6-8-20-9-7-14)12-21-17(23)11-16(22)13-4-3-5-15(19)10-13/h3-10,16,22H,11-12H2,1-2H3,(H,21,23). The second-order valence-electron chi connectivity index (χ2n) is 6.17. The Morgan fingerprint density at radius 3 is 2.65 bits per heavy atom. The van der Waals surface area contributed by atoms with Crippen molar-refractivity contribution in [3.8, 4) is 0 Å². The maximum Gasteiger partial charge on any atom is 0.222 e. The van der Waals surface area contributed by atoms with Gasteiger partial charge >= 0.3 is 0 Å². The monoisotopic (exact) mass is 316 g/mol. The van der Waals surface area contributed by atoms with E-state index in [9.17, 15) is 14.3 Å². The largest absolute Gasteiger partial charge is 0.388 e. The number of halogens is 1.